The number of halogens is 1. The second-order valence-corrected chi connectivity index (χ2v) is 4.39. The van der Waals surface area contributed by atoms with Gasteiger partial charge in [0.25, 0.3) is 5.56 Å². The lowest BCUT2D eigenvalue weighted by molar-refractivity contribution is 0.453. The van der Waals surface area contributed by atoms with Crippen LogP contribution < -0.4 is 10.9 Å². The number of nitrogens with one attached hydrogen (secondary N) is 2. The Kier molecular flexibility index (Phi) is 3.28. The average Bonchev–Trinajstić information content (AvgIpc) is 2.72. The van der Waals surface area contributed by atoms with Crippen molar-refractivity contribution in [3.63, 3.8) is 0 Å². The van der Waals surface area contributed by atoms with Crippen LogP contribution in [-0.2, 0) is 0 Å². The fraction of sp³-hybridized carbons (Fsp3) is 0.300. The summed E-state index contributed by atoms with van der Waals surface area (Å²) in [6.07, 6.45) is 3.18. The highest BCUT2D eigenvalue weighted by molar-refractivity contribution is 9.10. The molecule has 2 N–H and O–H groups in total. The molecule has 2 aromatic rings. The summed E-state index contributed by atoms with van der Waals surface area (Å²) in [5.74, 6) is 1.31. The van der Waals surface area contributed by atoms with Gasteiger partial charge in [-0.15, -0.1) is 0 Å². The summed E-state index contributed by atoms with van der Waals surface area (Å²) in [6.45, 7) is 3.72. The molecule has 90 valence electrons. The maximum absolute atomic E-state index is 11.3. The zero-order valence-electron chi connectivity index (χ0n) is 9.32. The number of H-pyrrole nitrogens is 1. The van der Waals surface area contributed by atoms with Gasteiger partial charge in [0.2, 0.25) is 5.89 Å². The lowest BCUT2D eigenvalue weighted by Gasteiger charge is -2.12. The Hall–Kier alpha value is -1.63. The number of aromatic amines is 1. The van der Waals surface area contributed by atoms with Gasteiger partial charge in [0.1, 0.15) is 16.3 Å². The highest BCUT2D eigenvalue weighted by atomic mass is 79.9. The quantitative estimate of drug-likeness (QED) is 0.905. The van der Waals surface area contributed by atoms with Crippen LogP contribution in [0.1, 0.15) is 24.6 Å². The maximum atomic E-state index is 11.3. The third-order valence-corrected chi connectivity index (χ3v) is 2.96. The predicted octanol–water partition coefficient (Wildman–Crippen LogP) is 2.00. The molecule has 1 unspecified atom stereocenters. The minimum atomic E-state index is -0.286. The third kappa shape index (κ3) is 2.55. The van der Waals surface area contributed by atoms with E-state index in [-0.39, 0.29) is 11.6 Å². The zero-order chi connectivity index (χ0) is 12.4. The van der Waals surface area contributed by atoms with E-state index in [1.165, 1.54) is 6.20 Å². The number of hydrogen-bond donors (Lipinski definition) is 2. The van der Waals surface area contributed by atoms with Crippen LogP contribution in [0.4, 0.5) is 5.69 Å². The molecule has 2 aromatic heterocycles. The van der Waals surface area contributed by atoms with Crippen molar-refractivity contribution in [2.24, 2.45) is 0 Å². The molecule has 0 bridgehead atoms. The van der Waals surface area contributed by atoms with E-state index in [1.807, 2.05) is 13.8 Å². The van der Waals surface area contributed by atoms with Crippen LogP contribution in [0.5, 0.6) is 0 Å². The Balaban J connectivity index is 2.21. The number of hydrogen-bond acceptors (Lipinski definition) is 5. The normalized spacial score (nSPS) is 12.4. The minimum absolute atomic E-state index is 0.149. The number of rotatable bonds is 3. The monoisotopic (exact) mass is 298 g/mol. The van der Waals surface area contributed by atoms with Gasteiger partial charge in [0.05, 0.1) is 18.1 Å². The summed E-state index contributed by atoms with van der Waals surface area (Å²) in [6, 6.07) is -0.149. The lowest BCUT2D eigenvalue weighted by atomic mass is 10.3. The molecular weight excluding hydrogens is 288 g/mol. The molecule has 2 heterocycles. The van der Waals surface area contributed by atoms with E-state index < -0.39 is 0 Å². The number of anilines is 1. The van der Waals surface area contributed by atoms with E-state index in [0.29, 0.717) is 16.1 Å². The highest BCUT2D eigenvalue weighted by Gasteiger charge is 2.13. The lowest BCUT2D eigenvalue weighted by Crippen LogP contribution is -2.14. The zero-order valence-corrected chi connectivity index (χ0v) is 10.9. The first-order chi connectivity index (χ1) is 8.08. The van der Waals surface area contributed by atoms with Crippen molar-refractivity contribution in [3.05, 3.63) is 38.9 Å². The Morgan fingerprint density at radius 1 is 1.53 bits per heavy atom. The number of aromatic nitrogens is 3. The molecule has 0 saturated heterocycles. The van der Waals surface area contributed by atoms with Crippen LogP contribution in [0.25, 0.3) is 0 Å². The first-order valence-corrected chi connectivity index (χ1v) is 5.79. The molecule has 0 aliphatic carbocycles. The Labute approximate surface area is 106 Å². The largest absolute Gasteiger partial charge is 0.444 e. The van der Waals surface area contributed by atoms with Crippen molar-refractivity contribution >= 4 is 21.6 Å². The minimum Gasteiger partial charge on any atom is -0.444 e. The number of aryl methyl sites for hydroxylation is 1. The molecular formula is C10H11BrN4O2. The van der Waals surface area contributed by atoms with Gasteiger partial charge in [-0.3, -0.25) is 4.79 Å². The number of nitrogens with zero attached hydrogens (tertiary/aromatic N) is 2. The molecule has 0 saturated carbocycles. The predicted molar refractivity (Wildman–Crippen MR) is 65.8 cm³/mol. The van der Waals surface area contributed by atoms with Crippen LogP contribution in [0.3, 0.4) is 0 Å². The van der Waals surface area contributed by atoms with E-state index in [9.17, 15) is 4.79 Å². The van der Waals surface area contributed by atoms with Crippen LogP contribution in [-0.4, -0.2) is 15.2 Å². The summed E-state index contributed by atoms with van der Waals surface area (Å²) in [7, 11) is 0. The Morgan fingerprint density at radius 2 is 2.29 bits per heavy atom. The van der Waals surface area contributed by atoms with Gasteiger partial charge < -0.3 is 9.73 Å². The molecule has 0 fully saturated rings. The molecule has 6 nitrogen and oxygen atoms in total. The van der Waals surface area contributed by atoms with Crippen LogP contribution in [0.15, 0.2) is 26.1 Å². The van der Waals surface area contributed by atoms with E-state index >= 15 is 0 Å². The van der Waals surface area contributed by atoms with Gasteiger partial charge in [-0.05, 0) is 29.8 Å². The van der Waals surface area contributed by atoms with Crippen LogP contribution in [0.2, 0.25) is 0 Å². The van der Waals surface area contributed by atoms with E-state index in [0.717, 1.165) is 5.76 Å². The summed E-state index contributed by atoms with van der Waals surface area (Å²) in [5.41, 5.74) is 0.308. The molecule has 17 heavy (non-hydrogen) atoms. The molecule has 7 heteroatoms. The molecule has 0 radical (unpaired) electrons. The number of oxazole rings is 1. The second kappa shape index (κ2) is 4.70. The molecule has 0 aromatic carbocycles. The second-order valence-electron chi connectivity index (χ2n) is 3.60. The molecule has 2 rings (SSSR count). The molecule has 0 aliphatic heterocycles. The van der Waals surface area contributed by atoms with Crippen molar-refractivity contribution in [2.75, 3.05) is 5.32 Å². The van der Waals surface area contributed by atoms with Crippen molar-refractivity contribution in [1.82, 2.24) is 15.2 Å². The fourth-order valence-electron chi connectivity index (χ4n) is 1.35. The third-order valence-electron chi connectivity index (χ3n) is 2.18. The topological polar surface area (TPSA) is 83.8 Å². The van der Waals surface area contributed by atoms with Crippen LogP contribution in [0, 0.1) is 6.92 Å². The molecule has 1 atom stereocenters. The summed E-state index contributed by atoms with van der Waals surface area (Å²) in [5, 5.41) is 9.14. The Bertz CT molecular complexity index is 578. The van der Waals surface area contributed by atoms with Crippen LogP contribution >= 0.6 is 15.9 Å². The van der Waals surface area contributed by atoms with E-state index in [4.69, 9.17) is 4.42 Å². The summed E-state index contributed by atoms with van der Waals surface area (Å²) < 4.78 is 5.80. The van der Waals surface area contributed by atoms with Crippen molar-refractivity contribution in [1.29, 1.82) is 0 Å². The first kappa shape index (κ1) is 11.8. The van der Waals surface area contributed by atoms with Gasteiger partial charge in [-0.2, -0.15) is 5.10 Å². The fourth-order valence-corrected chi connectivity index (χ4v) is 1.66. The SMILES string of the molecule is Cc1cnc(C(C)Nc2cn[nH]c(=O)c2Br)o1. The molecule has 0 aliphatic rings. The Morgan fingerprint density at radius 3 is 2.94 bits per heavy atom. The van der Waals surface area contributed by atoms with Gasteiger partial charge in [0, 0.05) is 0 Å². The van der Waals surface area contributed by atoms with Gasteiger partial charge in [-0.1, -0.05) is 0 Å². The van der Waals surface area contributed by atoms with Gasteiger partial charge in [-0.25, -0.2) is 10.1 Å². The van der Waals surface area contributed by atoms with E-state index in [1.54, 1.807) is 6.20 Å². The maximum Gasteiger partial charge on any atom is 0.280 e. The van der Waals surface area contributed by atoms with Gasteiger partial charge in [0.15, 0.2) is 0 Å². The summed E-state index contributed by atoms with van der Waals surface area (Å²) in [4.78, 5) is 15.4. The highest BCUT2D eigenvalue weighted by Crippen LogP contribution is 2.22. The standard InChI is InChI=1S/C10H11BrN4O2/c1-5-3-12-10(17-5)6(2)14-7-4-13-15-9(16)8(7)11/h3-4,6H,1-2H3,(H2,14,15,16). The first-order valence-electron chi connectivity index (χ1n) is 5.00. The van der Waals surface area contributed by atoms with Crippen molar-refractivity contribution in [2.45, 2.75) is 19.9 Å². The smallest absolute Gasteiger partial charge is 0.280 e. The van der Waals surface area contributed by atoms with Crippen molar-refractivity contribution in [3.8, 4) is 0 Å². The average molecular weight is 299 g/mol. The molecule has 0 spiro atoms. The van der Waals surface area contributed by atoms with E-state index in [2.05, 4.69) is 36.4 Å². The molecule has 0 amide bonds. The van der Waals surface area contributed by atoms with Crippen molar-refractivity contribution < 1.29 is 4.42 Å². The summed E-state index contributed by atoms with van der Waals surface area (Å²) >= 11 is 3.19. The van der Waals surface area contributed by atoms with Gasteiger partial charge >= 0.3 is 0 Å².